The Morgan fingerprint density at radius 1 is 1.50 bits per heavy atom. The van der Waals surface area contributed by atoms with Crippen molar-refractivity contribution in [3.8, 4) is 0 Å². The number of rotatable bonds is 0. The first kappa shape index (κ1) is 9.30. The van der Waals surface area contributed by atoms with Crippen LogP contribution in [0.1, 0.15) is 27.2 Å². The zero-order chi connectivity index (χ0) is 9.35. The SMILES string of the molecule is C=C1C[C@@H](C(C)(C)C)COC1=O. The highest BCUT2D eigenvalue weighted by Crippen LogP contribution is 2.33. The zero-order valence-electron chi connectivity index (χ0n) is 8.02. The second kappa shape index (κ2) is 2.92. The summed E-state index contributed by atoms with van der Waals surface area (Å²) in [5, 5.41) is 0. The fraction of sp³-hybridized carbons (Fsp3) is 0.700. The zero-order valence-corrected chi connectivity index (χ0v) is 8.02. The van der Waals surface area contributed by atoms with E-state index in [-0.39, 0.29) is 11.4 Å². The van der Waals surface area contributed by atoms with E-state index in [1.807, 2.05) is 0 Å². The number of carbonyl (C=O) groups excluding carboxylic acids is 1. The van der Waals surface area contributed by atoms with Crippen molar-refractivity contribution in [2.45, 2.75) is 27.2 Å². The molecule has 68 valence electrons. The lowest BCUT2D eigenvalue weighted by Crippen LogP contribution is -2.32. The van der Waals surface area contributed by atoms with Crippen molar-refractivity contribution in [2.24, 2.45) is 11.3 Å². The van der Waals surface area contributed by atoms with E-state index < -0.39 is 0 Å². The third-order valence-electron chi connectivity index (χ3n) is 2.42. The molecule has 0 aromatic rings. The van der Waals surface area contributed by atoms with Crippen LogP contribution in [0, 0.1) is 11.3 Å². The average molecular weight is 168 g/mol. The molecule has 1 heterocycles. The van der Waals surface area contributed by atoms with Gasteiger partial charge in [-0.3, -0.25) is 0 Å². The van der Waals surface area contributed by atoms with Crippen LogP contribution in [0.4, 0.5) is 0 Å². The lowest BCUT2D eigenvalue weighted by atomic mass is 9.77. The van der Waals surface area contributed by atoms with Crippen LogP contribution < -0.4 is 0 Å². The summed E-state index contributed by atoms with van der Waals surface area (Å²) in [4.78, 5) is 10.9. The summed E-state index contributed by atoms with van der Waals surface area (Å²) in [6.45, 7) is 10.7. The third kappa shape index (κ3) is 1.87. The van der Waals surface area contributed by atoms with Crippen LogP contribution in [0.3, 0.4) is 0 Å². The van der Waals surface area contributed by atoms with E-state index in [1.165, 1.54) is 0 Å². The molecular weight excluding hydrogens is 152 g/mol. The van der Waals surface area contributed by atoms with Crippen molar-refractivity contribution in [2.75, 3.05) is 6.61 Å². The molecule has 1 fully saturated rings. The molecule has 1 aliphatic heterocycles. The molecule has 0 bridgehead atoms. The van der Waals surface area contributed by atoms with Gasteiger partial charge in [0.05, 0.1) is 6.61 Å². The highest BCUT2D eigenvalue weighted by molar-refractivity contribution is 5.88. The summed E-state index contributed by atoms with van der Waals surface area (Å²) in [7, 11) is 0. The first-order valence-electron chi connectivity index (χ1n) is 4.26. The summed E-state index contributed by atoms with van der Waals surface area (Å²) in [5.41, 5.74) is 0.810. The molecule has 1 aliphatic rings. The lowest BCUT2D eigenvalue weighted by molar-refractivity contribution is -0.145. The number of hydrogen-bond donors (Lipinski definition) is 0. The monoisotopic (exact) mass is 168 g/mol. The van der Waals surface area contributed by atoms with E-state index in [0.717, 1.165) is 6.42 Å². The van der Waals surface area contributed by atoms with E-state index >= 15 is 0 Å². The number of carbonyl (C=O) groups is 1. The minimum absolute atomic E-state index is 0.198. The second-order valence-corrected chi connectivity index (χ2v) is 4.47. The summed E-state index contributed by atoms with van der Waals surface area (Å²) < 4.78 is 4.99. The first-order chi connectivity index (χ1) is 5.41. The molecule has 0 unspecified atom stereocenters. The Morgan fingerprint density at radius 3 is 2.50 bits per heavy atom. The molecule has 2 heteroatoms. The van der Waals surface area contributed by atoms with Crippen molar-refractivity contribution in [1.82, 2.24) is 0 Å². The van der Waals surface area contributed by atoms with Gasteiger partial charge in [0.15, 0.2) is 0 Å². The van der Waals surface area contributed by atoms with E-state index in [1.54, 1.807) is 0 Å². The fourth-order valence-corrected chi connectivity index (χ4v) is 1.27. The van der Waals surface area contributed by atoms with Gasteiger partial charge in [-0.05, 0) is 11.8 Å². The van der Waals surface area contributed by atoms with Crippen LogP contribution in [0.5, 0.6) is 0 Å². The van der Waals surface area contributed by atoms with Crippen LogP contribution >= 0.6 is 0 Å². The van der Waals surface area contributed by atoms with Gasteiger partial charge in [-0.25, -0.2) is 4.79 Å². The van der Waals surface area contributed by atoms with E-state index in [4.69, 9.17) is 4.74 Å². The highest BCUT2D eigenvalue weighted by Gasteiger charge is 2.31. The maximum absolute atomic E-state index is 10.9. The third-order valence-corrected chi connectivity index (χ3v) is 2.42. The molecule has 0 radical (unpaired) electrons. The summed E-state index contributed by atoms with van der Waals surface area (Å²) in [6, 6.07) is 0. The molecule has 0 spiro atoms. The Morgan fingerprint density at radius 2 is 2.08 bits per heavy atom. The molecule has 1 saturated heterocycles. The molecule has 1 rings (SSSR count). The van der Waals surface area contributed by atoms with Gasteiger partial charge in [-0.15, -0.1) is 0 Å². The van der Waals surface area contributed by atoms with Crippen molar-refractivity contribution < 1.29 is 9.53 Å². The number of esters is 1. The van der Waals surface area contributed by atoms with E-state index in [9.17, 15) is 4.79 Å². The normalized spacial score (nSPS) is 25.4. The van der Waals surface area contributed by atoms with Gasteiger partial charge < -0.3 is 4.74 Å². The van der Waals surface area contributed by atoms with Gasteiger partial charge in [-0.1, -0.05) is 27.4 Å². The van der Waals surface area contributed by atoms with Gasteiger partial charge in [-0.2, -0.15) is 0 Å². The maximum Gasteiger partial charge on any atom is 0.333 e. The average Bonchev–Trinajstić information content (AvgIpc) is 1.92. The smallest absolute Gasteiger partial charge is 0.333 e. The Bertz CT molecular complexity index is 210. The van der Waals surface area contributed by atoms with Gasteiger partial charge >= 0.3 is 5.97 Å². The van der Waals surface area contributed by atoms with Crippen molar-refractivity contribution >= 4 is 5.97 Å². The standard InChI is InChI=1S/C10H16O2/c1-7-5-8(10(2,3)4)6-12-9(7)11/h8H,1,5-6H2,2-4H3/t8-/m1/s1. The fourth-order valence-electron chi connectivity index (χ4n) is 1.27. The topological polar surface area (TPSA) is 26.3 Å². The largest absolute Gasteiger partial charge is 0.462 e. The van der Waals surface area contributed by atoms with Crippen LogP contribution in [0.25, 0.3) is 0 Å². The molecule has 0 N–H and O–H groups in total. The predicted molar refractivity (Wildman–Crippen MR) is 47.7 cm³/mol. The van der Waals surface area contributed by atoms with Crippen molar-refractivity contribution in [3.05, 3.63) is 12.2 Å². The molecule has 0 amide bonds. The Hall–Kier alpha value is -0.790. The van der Waals surface area contributed by atoms with E-state index in [2.05, 4.69) is 27.4 Å². The van der Waals surface area contributed by atoms with Gasteiger partial charge in [0.1, 0.15) is 0 Å². The van der Waals surface area contributed by atoms with Crippen molar-refractivity contribution in [3.63, 3.8) is 0 Å². The van der Waals surface area contributed by atoms with Gasteiger partial charge in [0.2, 0.25) is 0 Å². The van der Waals surface area contributed by atoms with Crippen LogP contribution in [0.15, 0.2) is 12.2 Å². The van der Waals surface area contributed by atoms with Gasteiger partial charge in [0, 0.05) is 11.5 Å². The van der Waals surface area contributed by atoms with E-state index in [0.29, 0.717) is 18.1 Å². The van der Waals surface area contributed by atoms with Crippen molar-refractivity contribution in [1.29, 1.82) is 0 Å². The molecule has 1 atom stereocenters. The molecule has 0 aromatic heterocycles. The molecule has 0 aliphatic carbocycles. The quantitative estimate of drug-likeness (QED) is 0.409. The minimum Gasteiger partial charge on any atom is -0.462 e. The summed E-state index contributed by atoms with van der Waals surface area (Å²) in [6.07, 6.45) is 0.780. The Balaban J connectivity index is 2.63. The predicted octanol–water partition coefficient (Wildman–Crippen LogP) is 2.15. The van der Waals surface area contributed by atoms with Crippen LogP contribution in [-0.2, 0) is 9.53 Å². The summed E-state index contributed by atoms with van der Waals surface area (Å²) >= 11 is 0. The minimum atomic E-state index is -0.226. The van der Waals surface area contributed by atoms with Gasteiger partial charge in [0.25, 0.3) is 0 Å². The molecule has 0 aromatic carbocycles. The first-order valence-corrected chi connectivity index (χ1v) is 4.26. The number of ether oxygens (including phenoxy) is 1. The lowest BCUT2D eigenvalue weighted by Gasteiger charge is -2.33. The summed E-state index contributed by atoms with van der Waals surface area (Å²) in [5.74, 6) is 0.193. The van der Waals surface area contributed by atoms with Crippen LogP contribution in [-0.4, -0.2) is 12.6 Å². The second-order valence-electron chi connectivity index (χ2n) is 4.47. The maximum atomic E-state index is 10.9. The number of hydrogen-bond acceptors (Lipinski definition) is 2. The Kier molecular flexibility index (Phi) is 2.27. The molecular formula is C10H16O2. The van der Waals surface area contributed by atoms with Crippen LogP contribution in [0.2, 0.25) is 0 Å². The number of cyclic esters (lactones) is 1. The highest BCUT2D eigenvalue weighted by atomic mass is 16.5. The Labute approximate surface area is 73.6 Å². The molecule has 12 heavy (non-hydrogen) atoms. The molecule has 0 saturated carbocycles. The molecule has 2 nitrogen and oxygen atoms in total.